The van der Waals surface area contributed by atoms with Gasteiger partial charge in [-0.25, -0.2) is 0 Å². The molecule has 0 N–H and O–H groups in total. The Balaban J connectivity index is 1.98. The molecule has 3 saturated heterocycles. The standard InChI is InChI=1S/C19H36O7Si/c1-5-10-23-27(24-11-6-2,25-12-7-3)19(15-17(20-4)26-19)18(9-14-22-18)16-8-13-21-16/h16-17H,5-15H2,1-4H3. The third-order valence-corrected chi connectivity index (χ3v) is 9.26. The van der Waals surface area contributed by atoms with Crippen molar-refractivity contribution in [2.24, 2.45) is 0 Å². The minimum Gasteiger partial charge on any atom is -0.375 e. The van der Waals surface area contributed by atoms with Crippen LogP contribution in [0.2, 0.25) is 0 Å². The first-order valence-electron chi connectivity index (χ1n) is 10.5. The predicted octanol–water partition coefficient (Wildman–Crippen LogP) is 2.82. The van der Waals surface area contributed by atoms with Gasteiger partial charge in [-0.3, -0.25) is 0 Å². The maximum Gasteiger partial charge on any atom is 0.538 e. The van der Waals surface area contributed by atoms with Crippen LogP contribution in [0.3, 0.4) is 0 Å². The summed E-state index contributed by atoms with van der Waals surface area (Å²) >= 11 is 0. The molecule has 4 atom stereocenters. The molecule has 4 unspecified atom stereocenters. The molecule has 0 aromatic carbocycles. The van der Waals surface area contributed by atoms with Crippen LogP contribution in [0.5, 0.6) is 0 Å². The summed E-state index contributed by atoms with van der Waals surface area (Å²) in [6, 6.07) is 0. The van der Waals surface area contributed by atoms with E-state index in [-0.39, 0.29) is 12.4 Å². The Morgan fingerprint density at radius 2 is 1.48 bits per heavy atom. The van der Waals surface area contributed by atoms with Crippen LogP contribution >= 0.6 is 0 Å². The van der Waals surface area contributed by atoms with Crippen molar-refractivity contribution in [1.29, 1.82) is 0 Å². The lowest BCUT2D eigenvalue weighted by atomic mass is 9.75. The lowest BCUT2D eigenvalue weighted by molar-refractivity contribution is -0.397. The molecular weight excluding hydrogens is 368 g/mol. The Labute approximate surface area is 164 Å². The molecule has 0 saturated carbocycles. The van der Waals surface area contributed by atoms with Crippen LogP contribution in [0.25, 0.3) is 0 Å². The molecule has 0 bridgehead atoms. The smallest absolute Gasteiger partial charge is 0.375 e. The molecule has 0 aromatic rings. The van der Waals surface area contributed by atoms with Gasteiger partial charge >= 0.3 is 8.80 Å². The average Bonchev–Trinajstić information content (AvgIpc) is 2.57. The van der Waals surface area contributed by atoms with E-state index in [0.29, 0.717) is 32.8 Å². The molecule has 27 heavy (non-hydrogen) atoms. The zero-order valence-electron chi connectivity index (χ0n) is 17.3. The van der Waals surface area contributed by atoms with Gasteiger partial charge in [-0.2, -0.15) is 0 Å². The van der Waals surface area contributed by atoms with E-state index in [1.165, 1.54) is 0 Å². The van der Waals surface area contributed by atoms with Crippen LogP contribution in [0.15, 0.2) is 0 Å². The van der Waals surface area contributed by atoms with E-state index in [4.69, 9.17) is 32.2 Å². The van der Waals surface area contributed by atoms with E-state index in [0.717, 1.165) is 38.7 Å². The van der Waals surface area contributed by atoms with Crippen molar-refractivity contribution in [3.63, 3.8) is 0 Å². The van der Waals surface area contributed by atoms with Crippen molar-refractivity contribution in [2.75, 3.05) is 40.1 Å². The first kappa shape index (κ1) is 21.6. The molecule has 3 fully saturated rings. The number of hydrogen-bond acceptors (Lipinski definition) is 7. The summed E-state index contributed by atoms with van der Waals surface area (Å²) in [5, 5.41) is -0.774. The van der Waals surface area contributed by atoms with E-state index in [9.17, 15) is 0 Å². The highest BCUT2D eigenvalue weighted by Gasteiger charge is 2.82. The van der Waals surface area contributed by atoms with Crippen LogP contribution in [0, 0.1) is 0 Å². The number of rotatable bonds is 13. The van der Waals surface area contributed by atoms with Gasteiger partial charge in [0.15, 0.2) is 11.5 Å². The van der Waals surface area contributed by atoms with Crippen molar-refractivity contribution in [3.05, 3.63) is 0 Å². The molecule has 0 radical (unpaired) electrons. The molecule has 0 amide bonds. The average molecular weight is 405 g/mol. The molecule has 0 spiro atoms. The van der Waals surface area contributed by atoms with E-state index < -0.39 is 19.6 Å². The molecule has 3 rings (SSSR count). The van der Waals surface area contributed by atoms with Crippen LogP contribution in [0.4, 0.5) is 0 Å². The zero-order valence-corrected chi connectivity index (χ0v) is 18.3. The van der Waals surface area contributed by atoms with Gasteiger partial charge < -0.3 is 32.2 Å². The van der Waals surface area contributed by atoms with Crippen molar-refractivity contribution in [2.45, 2.75) is 82.5 Å². The monoisotopic (exact) mass is 404 g/mol. The molecule has 3 aliphatic heterocycles. The van der Waals surface area contributed by atoms with E-state index in [1.54, 1.807) is 7.11 Å². The van der Waals surface area contributed by atoms with Gasteiger partial charge in [0.05, 0.1) is 12.7 Å². The molecule has 8 heteroatoms. The van der Waals surface area contributed by atoms with Crippen molar-refractivity contribution in [3.8, 4) is 0 Å². The SMILES string of the molecule is CCCO[Si](OCCC)(OCCC)C1(C2(C3CCO3)CCO2)CC(OC)O1. The maximum absolute atomic E-state index is 6.46. The van der Waals surface area contributed by atoms with Crippen molar-refractivity contribution in [1.82, 2.24) is 0 Å². The van der Waals surface area contributed by atoms with E-state index >= 15 is 0 Å². The first-order valence-corrected chi connectivity index (χ1v) is 12.2. The van der Waals surface area contributed by atoms with E-state index in [1.807, 2.05) is 0 Å². The van der Waals surface area contributed by atoms with Crippen LogP contribution in [-0.4, -0.2) is 72.2 Å². The number of methoxy groups -OCH3 is 1. The third-order valence-electron chi connectivity index (χ3n) is 5.77. The topological polar surface area (TPSA) is 64.6 Å². The van der Waals surface area contributed by atoms with E-state index in [2.05, 4.69) is 20.8 Å². The van der Waals surface area contributed by atoms with Crippen LogP contribution < -0.4 is 0 Å². The number of hydrogen-bond donors (Lipinski definition) is 0. The predicted molar refractivity (Wildman–Crippen MR) is 101 cm³/mol. The van der Waals surface area contributed by atoms with Gasteiger partial charge in [0, 0.05) is 46.4 Å². The third kappa shape index (κ3) is 3.52. The molecule has 3 aliphatic rings. The highest BCUT2D eigenvalue weighted by Crippen LogP contribution is 2.58. The summed E-state index contributed by atoms with van der Waals surface area (Å²) in [5.74, 6) is 0. The lowest BCUT2D eigenvalue weighted by Gasteiger charge is -2.66. The fourth-order valence-corrected chi connectivity index (χ4v) is 8.19. The Kier molecular flexibility index (Phi) is 7.35. The minimum atomic E-state index is -3.24. The van der Waals surface area contributed by atoms with Gasteiger partial charge in [-0.1, -0.05) is 20.8 Å². The quantitative estimate of drug-likeness (QED) is 0.437. The van der Waals surface area contributed by atoms with Crippen molar-refractivity contribution >= 4 is 8.80 Å². The molecule has 7 nitrogen and oxygen atoms in total. The molecule has 158 valence electrons. The Bertz CT molecular complexity index is 439. The highest BCUT2D eigenvalue weighted by molar-refractivity contribution is 6.65. The summed E-state index contributed by atoms with van der Waals surface area (Å²) in [4.78, 5) is 0. The Morgan fingerprint density at radius 3 is 1.78 bits per heavy atom. The second-order valence-corrected chi connectivity index (χ2v) is 10.3. The Morgan fingerprint density at radius 1 is 0.963 bits per heavy atom. The number of ether oxygens (including phenoxy) is 4. The second kappa shape index (κ2) is 9.17. The first-order chi connectivity index (χ1) is 13.1. The summed E-state index contributed by atoms with van der Waals surface area (Å²) in [5.41, 5.74) is -0.568. The molecule has 0 aliphatic carbocycles. The second-order valence-electron chi connectivity index (χ2n) is 7.55. The fourth-order valence-electron chi connectivity index (χ4n) is 4.25. The normalized spacial score (nSPS) is 36.0. The summed E-state index contributed by atoms with van der Waals surface area (Å²) in [6.45, 7) is 9.46. The van der Waals surface area contributed by atoms with Crippen LogP contribution in [-0.2, 0) is 32.2 Å². The largest absolute Gasteiger partial charge is 0.538 e. The van der Waals surface area contributed by atoms with Gasteiger partial charge in [-0.05, 0) is 25.7 Å². The molecular formula is C19H36O7Si. The van der Waals surface area contributed by atoms with Crippen molar-refractivity contribution < 1.29 is 32.2 Å². The zero-order chi connectivity index (χ0) is 19.4. The van der Waals surface area contributed by atoms with Gasteiger partial charge in [0.25, 0.3) is 0 Å². The highest BCUT2D eigenvalue weighted by atomic mass is 28.4. The fraction of sp³-hybridized carbons (Fsp3) is 1.00. The Hall–Kier alpha value is -0.0631. The maximum atomic E-state index is 6.46. The minimum absolute atomic E-state index is 0.00314. The summed E-state index contributed by atoms with van der Waals surface area (Å²) in [7, 11) is -1.58. The molecule has 3 heterocycles. The van der Waals surface area contributed by atoms with Gasteiger partial charge in [0.2, 0.25) is 0 Å². The van der Waals surface area contributed by atoms with Gasteiger partial charge in [-0.15, -0.1) is 0 Å². The summed E-state index contributed by atoms with van der Waals surface area (Å²) in [6.07, 6.45) is 4.83. The molecule has 0 aromatic heterocycles. The van der Waals surface area contributed by atoms with Gasteiger partial charge in [0.1, 0.15) is 5.60 Å². The summed E-state index contributed by atoms with van der Waals surface area (Å²) < 4.78 is 43.5. The lowest BCUT2D eigenvalue weighted by Crippen LogP contribution is -2.87. The van der Waals surface area contributed by atoms with Crippen LogP contribution in [0.1, 0.15) is 59.3 Å².